The number of ether oxygens (including phenoxy) is 2. The van der Waals surface area contributed by atoms with Crippen molar-refractivity contribution in [2.45, 2.75) is 32.7 Å². The highest BCUT2D eigenvalue weighted by Gasteiger charge is 2.21. The zero-order valence-corrected chi connectivity index (χ0v) is 13.9. The second kappa shape index (κ2) is 7.55. The number of amides is 1. The summed E-state index contributed by atoms with van der Waals surface area (Å²) in [6.45, 7) is 4.79. The van der Waals surface area contributed by atoms with Crippen LogP contribution in [0.2, 0.25) is 5.02 Å². The maximum atomic E-state index is 12.5. The van der Waals surface area contributed by atoms with Gasteiger partial charge in [-0.15, -0.1) is 0 Å². The molecule has 0 spiro atoms. The monoisotopic (exact) mass is 341 g/mol. The Morgan fingerprint density at radius 2 is 2.00 bits per heavy atom. The molecule has 1 aromatic rings. The van der Waals surface area contributed by atoms with Crippen LogP contribution in [0, 0.1) is 0 Å². The van der Waals surface area contributed by atoms with Crippen LogP contribution < -0.4 is 9.47 Å². The molecule has 1 amide bonds. The summed E-state index contributed by atoms with van der Waals surface area (Å²) in [5.74, 6) is -0.0336. The quantitative estimate of drug-likeness (QED) is 0.859. The predicted octanol–water partition coefficient (Wildman–Crippen LogP) is 2.37. The highest BCUT2D eigenvalue weighted by atomic mass is 35.5. The number of hydrogen-bond acceptors (Lipinski definition) is 4. The van der Waals surface area contributed by atoms with Gasteiger partial charge in [0.1, 0.15) is 13.2 Å². The Balaban J connectivity index is 2.11. The molecule has 1 heterocycles. The van der Waals surface area contributed by atoms with Crippen LogP contribution in [0.3, 0.4) is 0 Å². The van der Waals surface area contributed by atoms with E-state index in [1.807, 2.05) is 13.8 Å². The lowest BCUT2D eigenvalue weighted by molar-refractivity contribution is -0.139. The van der Waals surface area contributed by atoms with Crippen LogP contribution in [-0.4, -0.2) is 47.7 Å². The van der Waals surface area contributed by atoms with Crippen molar-refractivity contribution in [2.75, 3.05) is 19.8 Å². The van der Waals surface area contributed by atoms with Gasteiger partial charge >= 0.3 is 5.97 Å². The summed E-state index contributed by atoms with van der Waals surface area (Å²) < 4.78 is 10.9. The molecule has 0 saturated carbocycles. The van der Waals surface area contributed by atoms with Crippen molar-refractivity contribution in [2.24, 2.45) is 0 Å². The number of carboxylic acid groups (broad SMARTS) is 1. The van der Waals surface area contributed by atoms with E-state index in [-0.39, 0.29) is 31.3 Å². The Labute approximate surface area is 139 Å². The largest absolute Gasteiger partial charge is 0.486 e. The predicted molar refractivity (Wildman–Crippen MR) is 85.2 cm³/mol. The van der Waals surface area contributed by atoms with Crippen molar-refractivity contribution < 1.29 is 24.2 Å². The second-order valence-electron chi connectivity index (χ2n) is 5.60. The van der Waals surface area contributed by atoms with Crippen LogP contribution in [0.15, 0.2) is 12.1 Å². The van der Waals surface area contributed by atoms with Crippen molar-refractivity contribution in [3.63, 3.8) is 0 Å². The molecule has 1 aliphatic heterocycles. The van der Waals surface area contributed by atoms with E-state index in [1.54, 1.807) is 17.0 Å². The van der Waals surface area contributed by atoms with Gasteiger partial charge in [0, 0.05) is 12.6 Å². The molecule has 0 bridgehead atoms. The minimum absolute atomic E-state index is 0.0745. The molecule has 0 fully saturated rings. The lowest BCUT2D eigenvalue weighted by Crippen LogP contribution is -2.39. The van der Waals surface area contributed by atoms with E-state index in [1.165, 1.54) is 0 Å². The van der Waals surface area contributed by atoms with Crippen molar-refractivity contribution >= 4 is 23.5 Å². The molecule has 0 saturated heterocycles. The number of carbonyl (C=O) groups excluding carboxylic acids is 1. The van der Waals surface area contributed by atoms with Gasteiger partial charge < -0.3 is 19.5 Å². The number of hydrogen-bond donors (Lipinski definition) is 1. The van der Waals surface area contributed by atoms with Crippen molar-refractivity contribution in [3.8, 4) is 11.5 Å². The number of carbonyl (C=O) groups is 2. The fourth-order valence-corrected chi connectivity index (χ4v) is 2.72. The molecule has 7 heteroatoms. The first-order chi connectivity index (χ1) is 10.9. The Kier molecular flexibility index (Phi) is 5.71. The van der Waals surface area contributed by atoms with Crippen LogP contribution in [0.4, 0.5) is 0 Å². The second-order valence-corrected chi connectivity index (χ2v) is 6.01. The molecule has 2 rings (SSSR count). The third kappa shape index (κ3) is 4.51. The van der Waals surface area contributed by atoms with Gasteiger partial charge in [-0.2, -0.15) is 0 Å². The van der Waals surface area contributed by atoms with Gasteiger partial charge in [0.25, 0.3) is 0 Å². The molecule has 1 aromatic carbocycles. The number of fused-ring (bicyclic) bond motifs is 1. The number of carboxylic acids is 1. The zero-order valence-electron chi connectivity index (χ0n) is 13.2. The Bertz CT molecular complexity index is 602. The van der Waals surface area contributed by atoms with E-state index < -0.39 is 5.97 Å². The van der Waals surface area contributed by atoms with E-state index in [2.05, 4.69) is 0 Å². The fraction of sp³-hybridized carbons (Fsp3) is 0.500. The van der Waals surface area contributed by atoms with Crippen molar-refractivity contribution in [1.82, 2.24) is 4.90 Å². The maximum absolute atomic E-state index is 12.5. The van der Waals surface area contributed by atoms with Gasteiger partial charge in [0.2, 0.25) is 5.91 Å². The number of rotatable bonds is 6. The van der Waals surface area contributed by atoms with Gasteiger partial charge in [-0.05, 0) is 31.5 Å². The first-order valence-corrected chi connectivity index (χ1v) is 7.85. The van der Waals surface area contributed by atoms with Gasteiger partial charge in [0.15, 0.2) is 11.5 Å². The van der Waals surface area contributed by atoms with E-state index in [0.717, 1.165) is 0 Å². The average Bonchev–Trinajstić information content (AvgIpc) is 2.46. The zero-order chi connectivity index (χ0) is 17.0. The van der Waals surface area contributed by atoms with E-state index in [4.69, 9.17) is 26.2 Å². The molecule has 0 aromatic heterocycles. The number of halogens is 1. The average molecular weight is 342 g/mol. The summed E-state index contributed by atoms with van der Waals surface area (Å²) in [6, 6.07) is 3.35. The van der Waals surface area contributed by atoms with Gasteiger partial charge in [-0.1, -0.05) is 11.6 Å². The van der Waals surface area contributed by atoms with E-state index in [9.17, 15) is 9.59 Å². The molecule has 6 nitrogen and oxygen atoms in total. The smallest absolute Gasteiger partial charge is 0.305 e. The Morgan fingerprint density at radius 1 is 1.30 bits per heavy atom. The third-order valence-corrected chi connectivity index (χ3v) is 3.80. The summed E-state index contributed by atoms with van der Waals surface area (Å²) in [5, 5.41) is 9.21. The fourth-order valence-electron chi connectivity index (χ4n) is 2.43. The van der Waals surface area contributed by atoms with Crippen LogP contribution in [0.5, 0.6) is 11.5 Å². The maximum Gasteiger partial charge on any atom is 0.305 e. The van der Waals surface area contributed by atoms with Crippen LogP contribution in [0.1, 0.15) is 25.8 Å². The molecule has 1 N–H and O–H groups in total. The first-order valence-electron chi connectivity index (χ1n) is 7.47. The molecule has 126 valence electrons. The summed E-state index contributed by atoms with van der Waals surface area (Å²) in [6.07, 6.45) is 0.0555. The lowest BCUT2D eigenvalue weighted by Gasteiger charge is -2.26. The van der Waals surface area contributed by atoms with Crippen LogP contribution in [0.25, 0.3) is 0 Å². The summed E-state index contributed by atoms with van der Waals surface area (Å²) in [7, 11) is 0. The molecule has 1 aliphatic rings. The molecule has 23 heavy (non-hydrogen) atoms. The molecule has 0 radical (unpaired) electrons. The van der Waals surface area contributed by atoms with Crippen LogP contribution in [-0.2, 0) is 16.0 Å². The number of aliphatic carboxylic acids is 1. The Morgan fingerprint density at radius 3 is 2.65 bits per heavy atom. The van der Waals surface area contributed by atoms with Crippen molar-refractivity contribution in [3.05, 3.63) is 22.7 Å². The topological polar surface area (TPSA) is 76.1 Å². The minimum Gasteiger partial charge on any atom is -0.486 e. The van der Waals surface area contributed by atoms with Gasteiger partial charge in [0.05, 0.1) is 17.9 Å². The third-order valence-electron chi connectivity index (χ3n) is 3.52. The summed E-state index contributed by atoms with van der Waals surface area (Å²) >= 11 is 6.17. The lowest BCUT2D eigenvalue weighted by atomic mass is 10.1. The van der Waals surface area contributed by atoms with Gasteiger partial charge in [-0.25, -0.2) is 0 Å². The number of benzene rings is 1. The highest BCUT2D eigenvalue weighted by Crippen LogP contribution is 2.38. The summed E-state index contributed by atoms with van der Waals surface area (Å²) in [4.78, 5) is 24.7. The normalized spacial score (nSPS) is 13.0. The molecule has 0 unspecified atom stereocenters. The SMILES string of the molecule is CC(C)N(CCC(=O)O)C(=O)Cc1cc(Cl)c2c(c1)OCCO2. The molecular formula is C16H20ClNO5. The standard InChI is InChI=1S/C16H20ClNO5/c1-10(2)18(4-3-15(20)21)14(19)9-11-7-12(17)16-13(8-11)22-5-6-23-16/h7-8,10H,3-6,9H2,1-2H3,(H,20,21). The minimum atomic E-state index is -0.925. The summed E-state index contributed by atoms with van der Waals surface area (Å²) in [5.41, 5.74) is 0.713. The van der Waals surface area contributed by atoms with Gasteiger partial charge in [-0.3, -0.25) is 9.59 Å². The Hall–Kier alpha value is -1.95. The molecular weight excluding hydrogens is 322 g/mol. The van der Waals surface area contributed by atoms with Crippen LogP contribution >= 0.6 is 11.6 Å². The van der Waals surface area contributed by atoms with E-state index >= 15 is 0 Å². The highest BCUT2D eigenvalue weighted by molar-refractivity contribution is 6.32. The number of nitrogens with zero attached hydrogens (tertiary/aromatic N) is 1. The molecule has 0 aliphatic carbocycles. The van der Waals surface area contributed by atoms with Crippen molar-refractivity contribution in [1.29, 1.82) is 0 Å². The first kappa shape index (κ1) is 17.4. The van der Waals surface area contributed by atoms with E-state index in [0.29, 0.717) is 35.3 Å². The molecule has 0 atom stereocenters.